The van der Waals surface area contributed by atoms with Crippen LogP contribution in [0.25, 0.3) is 17.0 Å². The lowest BCUT2D eigenvalue weighted by atomic mass is 10.1. The first-order valence-corrected chi connectivity index (χ1v) is 9.77. The quantitative estimate of drug-likeness (QED) is 0.418. The van der Waals surface area contributed by atoms with E-state index in [-0.39, 0.29) is 5.57 Å². The topological polar surface area (TPSA) is 68.7 Å². The number of nitriles is 1. The fourth-order valence-corrected chi connectivity index (χ4v) is 3.29. The van der Waals surface area contributed by atoms with E-state index in [1.54, 1.807) is 6.08 Å². The van der Waals surface area contributed by atoms with Crippen molar-refractivity contribution < 1.29 is 4.79 Å². The third-order valence-corrected chi connectivity index (χ3v) is 4.91. The Labute approximate surface area is 165 Å². The van der Waals surface area contributed by atoms with E-state index in [0.717, 1.165) is 42.1 Å². The number of rotatable bonds is 7. The minimum atomic E-state index is -0.398. The number of fused-ring (bicyclic) bond motifs is 1. The number of benzene rings is 2. The van der Waals surface area contributed by atoms with Crippen LogP contribution < -0.4 is 5.32 Å². The van der Waals surface area contributed by atoms with Crippen molar-refractivity contribution in [3.05, 3.63) is 70.9 Å². The maximum absolute atomic E-state index is 12.6. The van der Waals surface area contributed by atoms with Crippen molar-refractivity contribution in [3.63, 3.8) is 0 Å². The molecule has 142 valence electrons. The monoisotopic (exact) mass is 371 g/mol. The molecule has 1 heterocycles. The van der Waals surface area contributed by atoms with Gasteiger partial charge in [0.05, 0.1) is 0 Å². The van der Waals surface area contributed by atoms with Crippen molar-refractivity contribution in [2.45, 2.75) is 39.5 Å². The van der Waals surface area contributed by atoms with Gasteiger partial charge < -0.3 is 10.3 Å². The molecule has 0 spiro atoms. The third-order valence-electron chi connectivity index (χ3n) is 4.91. The van der Waals surface area contributed by atoms with Gasteiger partial charge in [0.15, 0.2) is 0 Å². The van der Waals surface area contributed by atoms with Crippen LogP contribution in [0.1, 0.15) is 43.4 Å². The number of hydrogen-bond acceptors (Lipinski definition) is 2. The highest BCUT2D eigenvalue weighted by Gasteiger charge is 2.12. The van der Waals surface area contributed by atoms with E-state index in [9.17, 15) is 10.1 Å². The van der Waals surface area contributed by atoms with Crippen LogP contribution in [-0.2, 0) is 17.6 Å². The molecular formula is C24H25N3O. The molecule has 4 nitrogen and oxygen atoms in total. The molecule has 4 heteroatoms. The van der Waals surface area contributed by atoms with Crippen molar-refractivity contribution in [2.24, 2.45) is 0 Å². The van der Waals surface area contributed by atoms with E-state index >= 15 is 0 Å². The van der Waals surface area contributed by atoms with Gasteiger partial charge >= 0.3 is 0 Å². The molecule has 0 atom stereocenters. The molecular weight excluding hydrogens is 346 g/mol. The predicted molar refractivity (Wildman–Crippen MR) is 115 cm³/mol. The molecule has 1 amide bonds. The summed E-state index contributed by atoms with van der Waals surface area (Å²) in [6.07, 6.45) is 7.75. The van der Waals surface area contributed by atoms with E-state index in [2.05, 4.69) is 30.2 Å². The highest BCUT2D eigenvalue weighted by Crippen LogP contribution is 2.24. The number of amides is 1. The fourth-order valence-electron chi connectivity index (χ4n) is 3.29. The van der Waals surface area contributed by atoms with Gasteiger partial charge in [-0.15, -0.1) is 0 Å². The van der Waals surface area contributed by atoms with Crippen LogP contribution >= 0.6 is 0 Å². The summed E-state index contributed by atoms with van der Waals surface area (Å²) in [5, 5.41) is 13.3. The zero-order valence-corrected chi connectivity index (χ0v) is 16.4. The SMILES string of the molecule is CCCCc1ccc(NC(=O)/C(C#N)=C/c2c[nH]c3c(CC)cccc23)cc1. The Balaban J connectivity index is 1.79. The van der Waals surface area contributed by atoms with Gasteiger partial charge in [0, 0.05) is 28.4 Å². The summed E-state index contributed by atoms with van der Waals surface area (Å²) >= 11 is 0. The van der Waals surface area contributed by atoms with Crippen LogP contribution in [0.3, 0.4) is 0 Å². The van der Waals surface area contributed by atoms with Crippen molar-refractivity contribution in [1.82, 2.24) is 4.98 Å². The highest BCUT2D eigenvalue weighted by atomic mass is 16.1. The summed E-state index contributed by atoms with van der Waals surface area (Å²) in [6, 6.07) is 15.9. The summed E-state index contributed by atoms with van der Waals surface area (Å²) in [6.45, 7) is 4.27. The summed E-state index contributed by atoms with van der Waals surface area (Å²) in [5.41, 5.74) is 5.13. The number of carbonyl (C=O) groups is 1. The van der Waals surface area contributed by atoms with Gasteiger partial charge in [-0.05, 0) is 48.6 Å². The molecule has 3 rings (SSSR count). The lowest BCUT2D eigenvalue weighted by Crippen LogP contribution is -2.13. The Morgan fingerprint density at radius 3 is 2.64 bits per heavy atom. The van der Waals surface area contributed by atoms with Crippen molar-refractivity contribution in [1.29, 1.82) is 5.26 Å². The molecule has 0 aliphatic rings. The third kappa shape index (κ3) is 4.32. The smallest absolute Gasteiger partial charge is 0.266 e. The minimum Gasteiger partial charge on any atom is -0.360 e. The first-order valence-electron chi connectivity index (χ1n) is 9.77. The summed E-state index contributed by atoms with van der Waals surface area (Å²) in [5.74, 6) is -0.398. The Morgan fingerprint density at radius 2 is 1.96 bits per heavy atom. The van der Waals surface area contributed by atoms with Gasteiger partial charge in [-0.25, -0.2) is 0 Å². The van der Waals surface area contributed by atoms with Gasteiger partial charge in [-0.3, -0.25) is 4.79 Å². The van der Waals surface area contributed by atoms with Gasteiger partial charge in [0.2, 0.25) is 0 Å². The Kier molecular flexibility index (Phi) is 6.29. The number of aromatic nitrogens is 1. The number of para-hydroxylation sites is 1. The number of nitrogens with zero attached hydrogens (tertiary/aromatic N) is 1. The largest absolute Gasteiger partial charge is 0.360 e. The summed E-state index contributed by atoms with van der Waals surface area (Å²) in [4.78, 5) is 15.8. The molecule has 2 aromatic carbocycles. The van der Waals surface area contributed by atoms with E-state index in [4.69, 9.17) is 0 Å². The second-order valence-corrected chi connectivity index (χ2v) is 6.86. The van der Waals surface area contributed by atoms with E-state index in [1.165, 1.54) is 11.1 Å². The van der Waals surface area contributed by atoms with Crippen molar-refractivity contribution >= 4 is 28.6 Å². The van der Waals surface area contributed by atoms with E-state index in [1.807, 2.05) is 48.7 Å². The number of carbonyl (C=O) groups excluding carboxylic acids is 1. The Bertz CT molecular complexity index is 1040. The predicted octanol–water partition coefficient (Wildman–Crippen LogP) is 5.62. The second kappa shape index (κ2) is 9.05. The molecule has 2 N–H and O–H groups in total. The van der Waals surface area contributed by atoms with Crippen LogP contribution in [0.15, 0.2) is 54.2 Å². The van der Waals surface area contributed by atoms with Gasteiger partial charge in [-0.1, -0.05) is 50.6 Å². The number of aryl methyl sites for hydroxylation is 2. The molecule has 28 heavy (non-hydrogen) atoms. The van der Waals surface area contributed by atoms with Crippen LogP contribution in [0.5, 0.6) is 0 Å². The molecule has 1 aromatic heterocycles. The van der Waals surface area contributed by atoms with Crippen LogP contribution in [0, 0.1) is 11.3 Å². The zero-order chi connectivity index (χ0) is 19.9. The lowest BCUT2D eigenvalue weighted by molar-refractivity contribution is -0.112. The molecule has 0 aliphatic heterocycles. The fraction of sp³-hybridized carbons (Fsp3) is 0.250. The number of nitrogens with one attached hydrogen (secondary N) is 2. The molecule has 0 aliphatic carbocycles. The maximum Gasteiger partial charge on any atom is 0.266 e. The average molecular weight is 371 g/mol. The Hall–Kier alpha value is -3.32. The van der Waals surface area contributed by atoms with Crippen molar-refractivity contribution in [3.8, 4) is 6.07 Å². The second-order valence-electron chi connectivity index (χ2n) is 6.86. The van der Waals surface area contributed by atoms with Gasteiger partial charge in [-0.2, -0.15) is 5.26 Å². The molecule has 0 bridgehead atoms. The highest BCUT2D eigenvalue weighted by molar-refractivity contribution is 6.10. The molecule has 3 aromatic rings. The first kappa shape index (κ1) is 19.4. The molecule has 0 unspecified atom stereocenters. The van der Waals surface area contributed by atoms with Crippen LogP contribution in [0.4, 0.5) is 5.69 Å². The van der Waals surface area contributed by atoms with E-state index in [0.29, 0.717) is 5.69 Å². The summed E-state index contributed by atoms with van der Waals surface area (Å²) in [7, 11) is 0. The average Bonchev–Trinajstić information content (AvgIpc) is 3.14. The molecule has 0 fully saturated rings. The normalized spacial score (nSPS) is 11.4. The van der Waals surface area contributed by atoms with Crippen LogP contribution in [-0.4, -0.2) is 10.9 Å². The minimum absolute atomic E-state index is 0.0814. The summed E-state index contributed by atoms with van der Waals surface area (Å²) < 4.78 is 0. The maximum atomic E-state index is 12.6. The zero-order valence-electron chi connectivity index (χ0n) is 16.4. The molecule has 0 saturated carbocycles. The van der Waals surface area contributed by atoms with Gasteiger partial charge in [0.25, 0.3) is 5.91 Å². The number of aromatic amines is 1. The number of anilines is 1. The molecule has 0 saturated heterocycles. The van der Waals surface area contributed by atoms with E-state index < -0.39 is 5.91 Å². The Morgan fingerprint density at radius 1 is 1.18 bits per heavy atom. The molecule has 0 radical (unpaired) electrons. The standard InChI is InChI=1S/C24H25N3O/c1-3-5-7-17-10-12-21(13-11-17)27-24(28)19(15-25)14-20-16-26-23-18(4-2)8-6-9-22(20)23/h6,8-14,16,26H,3-5,7H2,1-2H3,(H,27,28)/b19-14+. The van der Waals surface area contributed by atoms with Gasteiger partial charge in [0.1, 0.15) is 11.6 Å². The number of unbranched alkanes of at least 4 members (excludes halogenated alkanes) is 1. The lowest BCUT2D eigenvalue weighted by Gasteiger charge is -2.06. The first-order chi connectivity index (χ1) is 13.7. The van der Waals surface area contributed by atoms with Crippen molar-refractivity contribution in [2.75, 3.05) is 5.32 Å². The number of H-pyrrole nitrogens is 1. The number of hydrogen-bond donors (Lipinski definition) is 2. The van der Waals surface area contributed by atoms with Crippen LogP contribution in [0.2, 0.25) is 0 Å².